The molecule has 0 atom stereocenters. The third-order valence-corrected chi connectivity index (χ3v) is 4.38. The summed E-state index contributed by atoms with van der Waals surface area (Å²) in [6, 6.07) is 17.9. The fourth-order valence-corrected chi connectivity index (χ4v) is 2.95. The maximum atomic E-state index is 11.9. The average molecular weight is 365 g/mol. The molecule has 1 N–H and O–H groups in total. The van der Waals surface area contributed by atoms with Crippen LogP contribution < -0.4 is 10.2 Å². The Kier molecular flexibility index (Phi) is 6.11. The zero-order valence-corrected chi connectivity index (χ0v) is 15.2. The number of carbonyl (C=O) groups is 1. The molecule has 0 saturated carbocycles. The van der Waals surface area contributed by atoms with Gasteiger partial charge in [-0.15, -0.1) is 11.3 Å². The van der Waals surface area contributed by atoms with Crippen molar-refractivity contribution in [1.82, 2.24) is 10.4 Å². The van der Waals surface area contributed by atoms with E-state index in [0.717, 1.165) is 22.7 Å². The highest BCUT2D eigenvalue weighted by Gasteiger charge is 2.07. The number of aryl methyl sites for hydroxylation is 1. The van der Waals surface area contributed by atoms with Crippen molar-refractivity contribution in [1.29, 1.82) is 0 Å². The first-order valence-corrected chi connectivity index (χ1v) is 9.07. The molecule has 0 radical (unpaired) electrons. The monoisotopic (exact) mass is 365 g/mol. The van der Waals surface area contributed by atoms with Crippen molar-refractivity contribution >= 4 is 23.5 Å². The lowest BCUT2D eigenvalue weighted by Crippen LogP contribution is -2.24. The second kappa shape index (κ2) is 8.92. The minimum absolute atomic E-state index is 0.0980. The van der Waals surface area contributed by atoms with Crippen LogP contribution in [-0.4, -0.2) is 23.7 Å². The van der Waals surface area contributed by atoms with Gasteiger partial charge in [0.15, 0.2) is 6.61 Å². The van der Waals surface area contributed by atoms with Gasteiger partial charge in [0.25, 0.3) is 5.91 Å². The van der Waals surface area contributed by atoms with Crippen molar-refractivity contribution in [2.75, 3.05) is 6.61 Å². The number of benzene rings is 2. The van der Waals surface area contributed by atoms with Gasteiger partial charge < -0.3 is 4.74 Å². The first kappa shape index (κ1) is 17.8. The summed E-state index contributed by atoms with van der Waals surface area (Å²) in [5, 5.41) is 6.73. The van der Waals surface area contributed by atoms with Gasteiger partial charge in [0.2, 0.25) is 0 Å². The lowest BCUT2D eigenvalue weighted by Gasteiger charge is -2.10. The maximum absolute atomic E-state index is 11.9. The van der Waals surface area contributed by atoms with Crippen molar-refractivity contribution in [2.24, 2.45) is 5.10 Å². The van der Waals surface area contributed by atoms with Crippen LogP contribution in [0.25, 0.3) is 0 Å². The van der Waals surface area contributed by atoms with Crippen LogP contribution in [0, 0.1) is 6.92 Å². The number of hydrogen-bond donors (Lipinski definition) is 1. The van der Waals surface area contributed by atoms with E-state index < -0.39 is 0 Å². The molecule has 1 amide bonds. The third-order valence-electron chi connectivity index (χ3n) is 3.59. The Bertz CT molecular complexity index is 891. The summed E-state index contributed by atoms with van der Waals surface area (Å²) >= 11 is 1.53. The van der Waals surface area contributed by atoms with Crippen molar-refractivity contribution in [3.05, 3.63) is 81.8 Å². The number of nitrogens with one attached hydrogen (secondary N) is 1. The lowest BCUT2D eigenvalue weighted by molar-refractivity contribution is -0.123. The van der Waals surface area contributed by atoms with E-state index in [1.54, 1.807) is 0 Å². The summed E-state index contributed by atoms with van der Waals surface area (Å²) in [6.07, 6.45) is 2.27. The number of hydrogen-bond acceptors (Lipinski definition) is 5. The second-order valence-electron chi connectivity index (χ2n) is 5.64. The zero-order chi connectivity index (χ0) is 18.2. The van der Waals surface area contributed by atoms with Crippen LogP contribution in [0.15, 0.2) is 65.1 Å². The molecular weight excluding hydrogens is 346 g/mol. The first-order chi connectivity index (χ1) is 12.7. The van der Waals surface area contributed by atoms with E-state index in [4.69, 9.17) is 4.74 Å². The number of hydrazone groups is 1. The van der Waals surface area contributed by atoms with Crippen molar-refractivity contribution in [3.8, 4) is 5.75 Å². The summed E-state index contributed by atoms with van der Waals surface area (Å²) in [7, 11) is 0. The van der Waals surface area contributed by atoms with Crippen LogP contribution >= 0.6 is 11.3 Å². The molecular formula is C20H19N3O2S. The Hall–Kier alpha value is -2.99. The molecule has 0 fully saturated rings. The molecule has 0 saturated heterocycles. The number of carbonyl (C=O) groups excluding carboxylic acids is 1. The van der Waals surface area contributed by atoms with Crippen LogP contribution in [0.4, 0.5) is 0 Å². The van der Waals surface area contributed by atoms with Crippen molar-refractivity contribution in [3.63, 3.8) is 0 Å². The summed E-state index contributed by atoms with van der Waals surface area (Å²) in [6.45, 7) is 1.82. The highest BCUT2D eigenvalue weighted by atomic mass is 32.1. The smallest absolute Gasteiger partial charge is 0.277 e. The normalized spacial score (nSPS) is 10.8. The summed E-state index contributed by atoms with van der Waals surface area (Å²) in [5.74, 6) is 0.383. The molecule has 1 heterocycles. The molecule has 0 aliphatic carbocycles. The zero-order valence-electron chi connectivity index (χ0n) is 14.4. The number of amides is 1. The lowest BCUT2D eigenvalue weighted by atomic mass is 10.0. The van der Waals surface area contributed by atoms with Gasteiger partial charge in [-0.3, -0.25) is 4.79 Å². The molecule has 26 heavy (non-hydrogen) atoms. The molecule has 0 bridgehead atoms. The summed E-state index contributed by atoms with van der Waals surface area (Å²) in [4.78, 5) is 16.2. The SMILES string of the molecule is Cc1nc(/C=N\NC(=O)COc2ccccc2Cc2ccccc2)cs1. The minimum atomic E-state index is -0.317. The molecule has 1 aromatic heterocycles. The molecule has 5 nitrogen and oxygen atoms in total. The average Bonchev–Trinajstić information content (AvgIpc) is 3.07. The minimum Gasteiger partial charge on any atom is -0.483 e. The van der Waals surface area contributed by atoms with E-state index in [1.807, 2.05) is 54.8 Å². The summed E-state index contributed by atoms with van der Waals surface area (Å²) in [5.41, 5.74) is 5.40. The predicted octanol–water partition coefficient (Wildman–Crippen LogP) is 3.57. The first-order valence-electron chi connectivity index (χ1n) is 8.19. The van der Waals surface area contributed by atoms with Gasteiger partial charge in [0, 0.05) is 11.8 Å². The fourth-order valence-electron chi connectivity index (χ4n) is 2.39. The molecule has 2 aromatic carbocycles. The van der Waals surface area contributed by atoms with E-state index in [9.17, 15) is 4.79 Å². The van der Waals surface area contributed by atoms with E-state index in [2.05, 4.69) is 27.6 Å². The molecule has 6 heteroatoms. The second-order valence-corrected chi connectivity index (χ2v) is 6.71. The number of thiazole rings is 1. The fraction of sp³-hybridized carbons (Fsp3) is 0.150. The quantitative estimate of drug-likeness (QED) is 0.514. The Morgan fingerprint density at radius 3 is 2.73 bits per heavy atom. The Morgan fingerprint density at radius 2 is 1.96 bits per heavy atom. The Balaban J connectivity index is 1.54. The van der Waals surface area contributed by atoms with Gasteiger partial charge in [-0.2, -0.15) is 5.10 Å². The Labute approximate surface area is 156 Å². The van der Waals surface area contributed by atoms with Crippen LogP contribution in [0.3, 0.4) is 0 Å². The molecule has 132 valence electrons. The molecule has 3 aromatic rings. The van der Waals surface area contributed by atoms with Gasteiger partial charge in [0.05, 0.1) is 16.9 Å². The van der Waals surface area contributed by atoms with Gasteiger partial charge in [-0.05, 0) is 24.1 Å². The van der Waals surface area contributed by atoms with Crippen LogP contribution in [0.2, 0.25) is 0 Å². The van der Waals surface area contributed by atoms with Crippen molar-refractivity contribution < 1.29 is 9.53 Å². The van der Waals surface area contributed by atoms with Gasteiger partial charge in [-0.25, -0.2) is 10.4 Å². The number of ether oxygens (including phenoxy) is 1. The number of para-hydroxylation sites is 1. The molecule has 0 aliphatic rings. The Morgan fingerprint density at radius 1 is 1.19 bits per heavy atom. The van der Waals surface area contributed by atoms with E-state index >= 15 is 0 Å². The van der Waals surface area contributed by atoms with Crippen LogP contribution in [0.5, 0.6) is 5.75 Å². The van der Waals surface area contributed by atoms with Crippen LogP contribution in [0.1, 0.15) is 21.8 Å². The van der Waals surface area contributed by atoms with E-state index in [1.165, 1.54) is 23.1 Å². The molecule has 0 aliphatic heterocycles. The predicted molar refractivity (Wildman–Crippen MR) is 104 cm³/mol. The number of rotatable bonds is 7. The molecule has 0 unspecified atom stereocenters. The van der Waals surface area contributed by atoms with E-state index in [-0.39, 0.29) is 12.5 Å². The molecule has 0 spiro atoms. The van der Waals surface area contributed by atoms with Crippen LogP contribution in [-0.2, 0) is 11.2 Å². The topological polar surface area (TPSA) is 63.6 Å². The maximum Gasteiger partial charge on any atom is 0.277 e. The highest BCUT2D eigenvalue weighted by Crippen LogP contribution is 2.21. The van der Waals surface area contributed by atoms with Gasteiger partial charge in [-0.1, -0.05) is 48.5 Å². The van der Waals surface area contributed by atoms with E-state index in [0.29, 0.717) is 5.75 Å². The standard InChI is InChI=1S/C20H19N3O2S/c1-15-22-18(14-26-15)12-21-23-20(24)13-25-19-10-6-5-9-17(19)11-16-7-3-2-4-8-16/h2-10,12,14H,11,13H2,1H3,(H,23,24)/b21-12-. The highest BCUT2D eigenvalue weighted by molar-refractivity contribution is 7.09. The number of nitrogens with zero attached hydrogens (tertiary/aromatic N) is 2. The summed E-state index contributed by atoms with van der Waals surface area (Å²) < 4.78 is 5.68. The largest absolute Gasteiger partial charge is 0.483 e. The molecule has 3 rings (SSSR count). The van der Waals surface area contributed by atoms with Gasteiger partial charge >= 0.3 is 0 Å². The number of aromatic nitrogens is 1. The van der Waals surface area contributed by atoms with Gasteiger partial charge in [0.1, 0.15) is 5.75 Å². The third kappa shape index (κ3) is 5.26. The van der Waals surface area contributed by atoms with Crippen molar-refractivity contribution in [2.45, 2.75) is 13.3 Å².